The molecule has 1 radical (unpaired) electrons. The predicted molar refractivity (Wildman–Crippen MR) is 40.3 cm³/mol. The average Bonchev–Trinajstić information content (AvgIpc) is 2.07. The van der Waals surface area contributed by atoms with E-state index in [1.165, 1.54) is 12.1 Å². The van der Waals surface area contributed by atoms with Crippen LogP contribution in [0.3, 0.4) is 0 Å². The van der Waals surface area contributed by atoms with Gasteiger partial charge in [0.05, 0.1) is 0 Å². The summed E-state index contributed by atoms with van der Waals surface area (Å²) in [7, 11) is 0. The normalized spacial score (nSPS) is 14.0. The van der Waals surface area contributed by atoms with E-state index in [0.717, 1.165) is 0 Å². The second kappa shape index (κ2) is 2.68. The van der Waals surface area contributed by atoms with Crippen molar-refractivity contribution in [2.45, 2.75) is 0 Å². The fraction of sp³-hybridized carbons (Fsp3) is 0. The van der Waals surface area contributed by atoms with E-state index in [1.54, 1.807) is 6.07 Å². The quantitative estimate of drug-likeness (QED) is 0.618. The lowest BCUT2D eigenvalue weighted by Crippen LogP contribution is -2.02. The van der Waals surface area contributed by atoms with Gasteiger partial charge in [-0.3, -0.25) is 0 Å². The number of rotatable bonds is 0. The molecule has 1 aromatic rings. The third-order valence-electron chi connectivity index (χ3n) is 1.36. The van der Waals surface area contributed by atoms with Crippen molar-refractivity contribution < 1.29 is 13.9 Å². The number of fused-ring (bicyclic) bond motifs is 1. The zero-order chi connectivity index (χ0) is 8.55. The monoisotopic (exact) mass is 185 g/mol. The molecule has 1 aliphatic heterocycles. The first-order chi connectivity index (χ1) is 5.77. The molecule has 1 aliphatic rings. The molecular formula is C8H3ClFO2. The number of para-hydroxylation sites is 1. The zero-order valence-corrected chi connectivity index (χ0v) is 6.56. The van der Waals surface area contributed by atoms with Gasteiger partial charge >= 0.3 is 0 Å². The second-order valence-corrected chi connectivity index (χ2v) is 2.49. The van der Waals surface area contributed by atoms with Gasteiger partial charge in [-0.1, -0.05) is 6.07 Å². The Hall–Kier alpha value is -1.22. The lowest BCUT2D eigenvalue weighted by atomic mass is 10.3. The minimum Gasteiger partial charge on any atom is -0.444 e. The van der Waals surface area contributed by atoms with Crippen LogP contribution in [0.15, 0.2) is 23.4 Å². The minimum atomic E-state index is -0.507. The van der Waals surface area contributed by atoms with Gasteiger partial charge in [0.15, 0.2) is 11.6 Å². The fourth-order valence-corrected chi connectivity index (χ4v) is 0.990. The van der Waals surface area contributed by atoms with Gasteiger partial charge < -0.3 is 9.47 Å². The summed E-state index contributed by atoms with van der Waals surface area (Å²) in [5, 5.41) is -0.104. The Morgan fingerprint density at radius 3 is 3.08 bits per heavy atom. The molecule has 0 spiro atoms. The van der Waals surface area contributed by atoms with Crippen molar-refractivity contribution in [1.29, 1.82) is 0 Å². The smallest absolute Gasteiger partial charge is 0.241 e. The van der Waals surface area contributed by atoms with E-state index in [4.69, 9.17) is 21.1 Å². The summed E-state index contributed by atoms with van der Waals surface area (Å²) in [6.45, 7) is 0. The maximum Gasteiger partial charge on any atom is 0.241 e. The van der Waals surface area contributed by atoms with Gasteiger partial charge in [0.25, 0.3) is 0 Å². The summed E-state index contributed by atoms with van der Waals surface area (Å²) in [6, 6.07) is 4.34. The number of hydrogen-bond acceptors (Lipinski definition) is 2. The largest absolute Gasteiger partial charge is 0.444 e. The molecule has 0 aliphatic carbocycles. The molecule has 61 valence electrons. The molecule has 1 heterocycles. The lowest BCUT2D eigenvalue weighted by Gasteiger charge is -2.13. The van der Waals surface area contributed by atoms with E-state index in [2.05, 4.69) is 6.26 Å². The second-order valence-electron chi connectivity index (χ2n) is 2.15. The first-order valence-corrected chi connectivity index (χ1v) is 3.57. The Morgan fingerprint density at radius 2 is 2.25 bits per heavy atom. The van der Waals surface area contributed by atoms with Crippen LogP contribution < -0.4 is 9.47 Å². The van der Waals surface area contributed by atoms with Crippen LogP contribution in [-0.2, 0) is 0 Å². The summed E-state index contributed by atoms with van der Waals surface area (Å²) < 4.78 is 22.6. The van der Waals surface area contributed by atoms with E-state index in [1.807, 2.05) is 0 Å². The molecule has 0 bridgehead atoms. The van der Waals surface area contributed by atoms with E-state index in [0.29, 0.717) is 0 Å². The SMILES string of the molecule is Fc1cccc2c1OC(Cl)=[C]O2. The van der Waals surface area contributed by atoms with Crippen LogP contribution in [-0.4, -0.2) is 0 Å². The molecule has 2 rings (SSSR count). The van der Waals surface area contributed by atoms with E-state index in [-0.39, 0.29) is 16.7 Å². The van der Waals surface area contributed by atoms with Gasteiger partial charge in [0.2, 0.25) is 17.2 Å². The Balaban J connectivity index is 2.49. The van der Waals surface area contributed by atoms with Crippen LogP contribution >= 0.6 is 11.6 Å². The van der Waals surface area contributed by atoms with Crippen molar-refractivity contribution in [3.8, 4) is 11.5 Å². The van der Waals surface area contributed by atoms with Crippen LogP contribution in [0, 0.1) is 12.1 Å². The standard InChI is InChI=1S/C8H3ClFO2/c9-7-4-11-6-3-1-2-5(10)8(6)12-7/h1-3H. The highest BCUT2D eigenvalue weighted by Gasteiger charge is 2.17. The first kappa shape index (κ1) is 7.43. The van der Waals surface area contributed by atoms with Crippen molar-refractivity contribution in [1.82, 2.24) is 0 Å². The molecule has 2 nitrogen and oxygen atoms in total. The molecule has 12 heavy (non-hydrogen) atoms. The highest BCUT2D eigenvalue weighted by molar-refractivity contribution is 6.28. The Kier molecular flexibility index (Phi) is 1.66. The number of halogens is 2. The minimum absolute atomic E-state index is 0.00116. The molecule has 0 amide bonds. The van der Waals surface area contributed by atoms with Crippen LogP contribution in [0.1, 0.15) is 0 Å². The van der Waals surface area contributed by atoms with Crippen molar-refractivity contribution >= 4 is 11.6 Å². The molecule has 0 aromatic heterocycles. The Bertz CT molecular complexity index is 349. The molecule has 0 fully saturated rings. The summed E-state index contributed by atoms with van der Waals surface area (Å²) in [5.41, 5.74) is 0. The molecular weight excluding hydrogens is 183 g/mol. The summed E-state index contributed by atoms with van der Waals surface area (Å²) in [5.74, 6) is -0.229. The van der Waals surface area contributed by atoms with Gasteiger partial charge in [-0.2, -0.15) is 0 Å². The third-order valence-corrected chi connectivity index (χ3v) is 1.52. The van der Waals surface area contributed by atoms with Crippen LogP contribution in [0.4, 0.5) is 4.39 Å². The Morgan fingerprint density at radius 1 is 1.42 bits per heavy atom. The van der Waals surface area contributed by atoms with Gasteiger partial charge in [-0.05, 0) is 23.7 Å². The topological polar surface area (TPSA) is 18.5 Å². The van der Waals surface area contributed by atoms with Crippen molar-refractivity contribution in [2.24, 2.45) is 0 Å². The molecule has 0 N–H and O–H groups in total. The van der Waals surface area contributed by atoms with Crippen LogP contribution in [0.5, 0.6) is 11.5 Å². The molecule has 0 unspecified atom stereocenters. The van der Waals surface area contributed by atoms with Crippen molar-refractivity contribution in [3.63, 3.8) is 0 Å². The number of ether oxygens (including phenoxy) is 2. The Labute approximate surface area is 73.2 Å². The number of benzene rings is 1. The van der Waals surface area contributed by atoms with Gasteiger partial charge in [-0.25, -0.2) is 4.39 Å². The zero-order valence-electron chi connectivity index (χ0n) is 5.80. The molecule has 0 saturated carbocycles. The van der Waals surface area contributed by atoms with Crippen molar-refractivity contribution in [3.05, 3.63) is 35.5 Å². The molecule has 1 aromatic carbocycles. The predicted octanol–water partition coefficient (Wildman–Crippen LogP) is 2.44. The highest BCUT2D eigenvalue weighted by atomic mass is 35.5. The number of hydrogen-bond donors (Lipinski definition) is 0. The maximum absolute atomic E-state index is 12.9. The summed E-state index contributed by atoms with van der Waals surface area (Å²) in [4.78, 5) is 0. The summed E-state index contributed by atoms with van der Waals surface area (Å²) in [6.07, 6.45) is 2.26. The third kappa shape index (κ3) is 1.12. The van der Waals surface area contributed by atoms with E-state index < -0.39 is 5.82 Å². The highest BCUT2D eigenvalue weighted by Crippen LogP contribution is 2.34. The van der Waals surface area contributed by atoms with E-state index in [9.17, 15) is 4.39 Å². The van der Waals surface area contributed by atoms with Crippen LogP contribution in [0.2, 0.25) is 0 Å². The molecule has 4 heteroatoms. The molecule has 0 atom stereocenters. The maximum atomic E-state index is 12.9. The summed E-state index contributed by atoms with van der Waals surface area (Å²) >= 11 is 5.41. The van der Waals surface area contributed by atoms with Crippen molar-refractivity contribution in [2.75, 3.05) is 0 Å². The molecule has 0 saturated heterocycles. The van der Waals surface area contributed by atoms with Gasteiger partial charge in [0, 0.05) is 0 Å². The van der Waals surface area contributed by atoms with Crippen LogP contribution in [0.25, 0.3) is 0 Å². The van der Waals surface area contributed by atoms with E-state index >= 15 is 0 Å². The average molecular weight is 186 g/mol. The first-order valence-electron chi connectivity index (χ1n) is 3.19. The lowest BCUT2D eigenvalue weighted by molar-refractivity contribution is 0.316. The van der Waals surface area contributed by atoms with Gasteiger partial charge in [-0.15, -0.1) is 0 Å². The van der Waals surface area contributed by atoms with Gasteiger partial charge in [0.1, 0.15) is 0 Å². The fourth-order valence-electron chi connectivity index (χ4n) is 0.874.